The molecule has 4 aromatic rings. The van der Waals surface area contributed by atoms with Crippen LogP contribution in [-0.4, -0.2) is 42.9 Å². The number of nitrogens with two attached hydrogens (primary N) is 1. The summed E-state index contributed by atoms with van der Waals surface area (Å²) in [5.74, 6) is 0.510. The molecule has 1 aromatic carbocycles. The lowest BCUT2D eigenvalue weighted by Crippen LogP contribution is -2.30. The summed E-state index contributed by atoms with van der Waals surface area (Å²) in [7, 11) is 0. The molecule has 8 nitrogen and oxygen atoms in total. The summed E-state index contributed by atoms with van der Waals surface area (Å²) in [6.45, 7) is 1.88. The summed E-state index contributed by atoms with van der Waals surface area (Å²) >= 11 is 6.29. The number of hydrogen-bond acceptors (Lipinski definition) is 6. The molecule has 0 bridgehead atoms. The van der Waals surface area contributed by atoms with Crippen LogP contribution in [0.3, 0.4) is 0 Å². The lowest BCUT2D eigenvalue weighted by atomic mass is 10.1. The van der Waals surface area contributed by atoms with E-state index in [2.05, 4.69) is 20.3 Å². The zero-order valence-corrected chi connectivity index (χ0v) is 15.2. The van der Waals surface area contributed by atoms with E-state index in [0.29, 0.717) is 33.1 Å². The largest absolute Gasteiger partial charge is 0.506 e. The van der Waals surface area contributed by atoms with Gasteiger partial charge in [0.25, 0.3) is 0 Å². The highest BCUT2D eigenvalue weighted by molar-refractivity contribution is 6.35. The van der Waals surface area contributed by atoms with Crippen LogP contribution in [0.15, 0.2) is 24.5 Å². The molecule has 0 atom stereocenters. The molecule has 0 amide bonds. The van der Waals surface area contributed by atoms with Crippen molar-refractivity contribution in [3.8, 4) is 17.1 Å². The number of aromatic nitrogens is 5. The summed E-state index contributed by atoms with van der Waals surface area (Å²) in [5.41, 5.74) is 8.85. The fourth-order valence-corrected chi connectivity index (χ4v) is 4.00. The predicted octanol–water partition coefficient (Wildman–Crippen LogP) is 2.84. The van der Waals surface area contributed by atoms with Crippen LogP contribution in [-0.2, 0) is 0 Å². The highest BCUT2D eigenvalue weighted by Crippen LogP contribution is 2.37. The Morgan fingerprint density at radius 1 is 1.22 bits per heavy atom. The van der Waals surface area contributed by atoms with E-state index < -0.39 is 0 Å². The number of halogens is 1. The molecule has 0 aliphatic carbocycles. The predicted molar refractivity (Wildman–Crippen MR) is 105 cm³/mol. The lowest BCUT2D eigenvalue weighted by Gasteiger charge is -2.23. The third-order valence-electron chi connectivity index (χ3n) is 5.15. The second-order valence-corrected chi connectivity index (χ2v) is 7.18. The van der Waals surface area contributed by atoms with Crippen LogP contribution in [0.2, 0.25) is 5.02 Å². The number of anilines is 1. The van der Waals surface area contributed by atoms with Gasteiger partial charge in [-0.3, -0.25) is 0 Å². The molecular weight excluding hydrogens is 366 g/mol. The van der Waals surface area contributed by atoms with Gasteiger partial charge in [-0.25, -0.2) is 14.6 Å². The van der Waals surface area contributed by atoms with Gasteiger partial charge in [-0.2, -0.15) is 5.10 Å². The minimum Gasteiger partial charge on any atom is -0.506 e. The number of phenols is 1. The first-order valence-electron chi connectivity index (χ1n) is 8.83. The number of aromatic amines is 1. The molecule has 4 heterocycles. The first-order valence-corrected chi connectivity index (χ1v) is 9.21. The summed E-state index contributed by atoms with van der Waals surface area (Å²) in [6.07, 6.45) is 3.41. The van der Waals surface area contributed by atoms with Crippen LogP contribution in [0.5, 0.6) is 5.75 Å². The van der Waals surface area contributed by atoms with E-state index in [1.54, 1.807) is 12.1 Å². The Kier molecular flexibility index (Phi) is 3.70. The van der Waals surface area contributed by atoms with Gasteiger partial charge in [0.1, 0.15) is 23.6 Å². The highest BCUT2D eigenvalue weighted by atomic mass is 35.5. The molecule has 0 unspecified atom stereocenters. The average Bonchev–Trinajstić information content (AvgIpc) is 3.29. The number of benzene rings is 1. The Morgan fingerprint density at radius 3 is 2.81 bits per heavy atom. The number of phenolic OH excluding ortho intramolecular Hbond substituents is 1. The average molecular weight is 384 g/mol. The van der Waals surface area contributed by atoms with Crippen LogP contribution in [0.4, 0.5) is 5.82 Å². The van der Waals surface area contributed by atoms with Gasteiger partial charge in [-0.1, -0.05) is 11.6 Å². The van der Waals surface area contributed by atoms with Crippen LogP contribution >= 0.6 is 11.6 Å². The SMILES string of the molecule is Nc1ncnc2c1c(-c1cc3c(Cl)ccc(O)c3[nH]1)nn2C1CCNCC1. The van der Waals surface area contributed by atoms with Crippen LogP contribution < -0.4 is 11.1 Å². The van der Waals surface area contributed by atoms with E-state index in [1.807, 2.05) is 10.7 Å². The zero-order chi connectivity index (χ0) is 18.5. The van der Waals surface area contributed by atoms with Crippen molar-refractivity contribution in [2.24, 2.45) is 0 Å². The van der Waals surface area contributed by atoms with Crippen molar-refractivity contribution in [1.82, 2.24) is 30.0 Å². The van der Waals surface area contributed by atoms with Crippen molar-refractivity contribution in [2.75, 3.05) is 18.8 Å². The number of H-pyrrole nitrogens is 1. The molecule has 1 fully saturated rings. The number of nitrogens with one attached hydrogen (secondary N) is 2. The topological polar surface area (TPSA) is 118 Å². The number of aromatic hydroxyl groups is 1. The maximum atomic E-state index is 10.2. The molecule has 9 heteroatoms. The normalized spacial score (nSPS) is 15.7. The van der Waals surface area contributed by atoms with Gasteiger partial charge < -0.3 is 21.1 Å². The smallest absolute Gasteiger partial charge is 0.164 e. The van der Waals surface area contributed by atoms with Crippen LogP contribution in [0.1, 0.15) is 18.9 Å². The van der Waals surface area contributed by atoms with Gasteiger partial charge in [0.2, 0.25) is 0 Å². The minimum atomic E-state index is 0.131. The van der Waals surface area contributed by atoms with Crippen LogP contribution in [0, 0.1) is 0 Å². The summed E-state index contributed by atoms with van der Waals surface area (Å²) < 4.78 is 1.95. The Bertz CT molecular complexity index is 1120. The Labute approximate surface area is 159 Å². The first-order chi connectivity index (χ1) is 13.1. The minimum absolute atomic E-state index is 0.131. The fourth-order valence-electron chi connectivity index (χ4n) is 3.79. The number of fused-ring (bicyclic) bond motifs is 2. The first kappa shape index (κ1) is 16.3. The van der Waals surface area contributed by atoms with Gasteiger partial charge >= 0.3 is 0 Å². The van der Waals surface area contributed by atoms with E-state index in [4.69, 9.17) is 22.4 Å². The van der Waals surface area contributed by atoms with Crippen molar-refractivity contribution < 1.29 is 5.11 Å². The molecule has 5 N–H and O–H groups in total. The van der Waals surface area contributed by atoms with Crippen molar-refractivity contribution in [3.63, 3.8) is 0 Å². The molecule has 1 aliphatic heterocycles. The molecule has 0 radical (unpaired) electrons. The quantitative estimate of drug-likeness (QED) is 0.422. The molecule has 5 rings (SSSR count). The summed E-state index contributed by atoms with van der Waals surface area (Å²) in [4.78, 5) is 11.8. The monoisotopic (exact) mass is 383 g/mol. The number of nitrogen functional groups attached to an aromatic ring is 1. The number of rotatable bonds is 2. The second-order valence-electron chi connectivity index (χ2n) is 6.77. The second kappa shape index (κ2) is 6.11. The summed E-state index contributed by atoms with van der Waals surface area (Å²) in [6, 6.07) is 5.35. The Balaban J connectivity index is 1.76. The maximum Gasteiger partial charge on any atom is 0.164 e. The van der Waals surface area contributed by atoms with Crippen molar-refractivity contribution in [1.29, 1.82) is 0 Å². The Morgan fingerprint density at radius 2 is 2.04 bits per heavy atom. The molecule has 138 valence electrons. The molecule has 3 aromatic heterocycles. The van der Waals surface area contributed by atoms with Crippen LogP contribution in [0.25, 0.3) is 33.3 Å². The van der Waals surface area contributed by atoms with Gasteiger partial charge in [-0.05, 0) is 44.1 Å². The zero-order valence-electron chi connectivity index (χ0n) is 14.4. The van der Waals surface area contributed by atoms with E-state index >= 15 is 0 Å². The van der Waals surface area contributed by atoms with E-state index in [1.165, 1.54) is 6.33 Å². The summed E-state index contributed by atoms with van der Waals surface area (Å²) in [5, 5.41) is 20.4. The molecule has 1 saturated heterocycles. The van der Waals surface area contributed by atoms with Gasteiger partial charge in [-0.15, -0.1) is 0 Å². The van der Waals surface area contributed by atoms with Crippen molar-refractivity contribution in [3.05, 3.63) is 29.5 Å². The fraction of sp³-hybridized carbons (Fsp3) is 0.278. The van der Waals surface area contributed by atoms with E-state index in [-0.39, 0.29) is 11.8 Å². The molecule has 1 aliphatic rings. The van der Waals surface area contributed by atoms with E-state index in [0.717, 1.165) is 37.0 Å². The van der Waals surface area contributed by atoms with Crippen molar-refractivity contribution >= 4 is 39.4 Å². The maximum absolute atomic E-state index is 10.2. The third-order valence-corrected chi connectivity index (χ3v) is 5.48. The lowest BCUT2D eigenvalue weighted by molar-refractivity contribution is 0.350. The Hall–Kier alpha value is -2.84. The van der Waals surface area contributed by atoms with Gasteiger partial charge in [0.05, 0.1) is 27.7 Å². The number of piperidine rings is 1. The molecule has 0 spiro atoms. The number of hydrogen-bond donors (Lipinski definition) is 4. The van der Waals surface area contributed by atoms with Gasteiger partial charge in [0, 0.05) is 5.39 Å². The van der Waals surface area contributed by atoms with E-state index in [9.17, 15) is 5.11 Å². The molecular formula is C18H18ClN7O. The van der Waals surface area contributed by atoms with Crippen molar-refractivity contribution in [2.45, 2.75) is 18.9 Å². The molecule has 27 heavy (non-hydrogen) atoms. The van der Waals surface area contributed by atoms with Gasteiger partial charge in [0.15, 0.2) is 5.65 Å². The highest BCUT2D eigenvalue weighted by Gasteiger charge is 2.24. The molecule has 0 saturated carbocycles. The number of nitrogens with zero attached hydrogens (tertiary/aromatic N) is 4. The standard InChI is InChI=1S/C18H18ClN7O/c19-11-1-2-13(27)15-10(11)7-12(24-15)16-14-17(20)22-8-23-18(14)26(25-16)9-3-5-21-6-4-9/h1-2,7-9,21,24,27H,3-6H2,(H2,20,22,23). The third kappa shape index (κ3) is 2.52.